The molecule has 0 fully saturated rings. The van der Waals surface area contributed by atoms with Gasteiger partial charge in [-0.25, -0.2) is 4.39 Å². The van der Waals surface area contributed by atoms with E-state index in [1.54, 1.807) is 0 Å². The molecule has 0 aliphatic rings. The van der Waals surface area contributed by atoms with Crippen molar-refractivity contribution < 1.29 is 9.18 Å². The van der Waals surface area contributed by atoms with Gasteiger partial charge in [0.15, 0.2) is 0 Å². The zero-order valence-corrected chi connectivity index (χ0v) is 11.0. The number of benzene rings is 1. The number of halogens is 3. The molecule has 0 aromatic heterocycles. The van der Waals surface area contributed by atoms with Gasteiger partial charge in [0.25, 0.3) is 5.91 Å². The summed E-state index contributed by atoms with van der Waals surface area (Å²) in [6, 6.07) is 3.87. The third-order valence-electron chi connectivity index (χ3n) is 2.26. The molecule has 0 radical (unpaired) electrons. The summed E-state index contributed by atoms with van der Waals surface area (Å²) in [5.74, 6) is -1.08. The average Bonchev–Trinajstić information content (AvgIpc) is 2.29. The van der Waals surface area contributed by atoms with E-state index in [0.717, 1.165) is 12.8 Å². The van der Waals surface area contributed by atoms with Crippen LogP contribution < -0.4 is 5.32 Å². The fourth-order valence-electron chi connectivity index (χ4n) is 1.39. The van der Waals surface area contributed by atoms with Gasteiger partial charge in [0.2, 0.25) is 0 Å². The van der Waals surface area contributed by atoms with E-state index in [9.17, 15) is 9.18 Å². The van der Waals surface area contributed by atoms with E-state index in [-0.39, 0.29) is 10.9 Å². The molecule has 1 aromatic carbocycles. The van der Waals surface area contributed by atoms with Gasteiger partial charge < -0.3 is 5.32 Å². The van der Waals surface area contributed by atoms with Crippen molar-refractivity contribution in [3.05, 3.63) is 34.6 Å². The maximum absolute atomic E-state index is 13.3. The largest absolute Gasteiger partial charge is 0.350 e. The number of amides is 1. The summed E-state index contributed by atoms with van der Waals surface area (Å²) in [4.78, 5) is 11.7. The smallest absolute Gasteiger partial charge is 0.254 e. The number of rotatable bonds is 5. The summed E-state index contributed by atoms with van der Waals surface area (Å²) in [5.41, 5.74) is -0.0575. The van der Waals surface area contributed by atoms with Crippen LogP contribution in [0.4, 0.5) is 4.39 Å². The molecule has 17 heavy (non-hydrogen) atoms. The Labute approximate surface area is 110 Å². The van der Waals surface area contributed by atoms with Gasteiger partial charge in [-0.1, -0.05) is 24.9 Å². The molecule has 1 rings (SSSR count). The Kier molecular flexibility index (Phi) is 5.72. The second-order valence-electron chi connectivity index (χ2n) is 3.72. The van der Waals surface area contributed by atoms with Crippen molar-refractivity contribution in [1.29, 1.82) is 0 Å². The van der Waals surface area contributed by atoms with E-state index < -0.39 is 11.7 Å². The molecular formula is C12H14Cl2FNO. The SMILES string of the molecule is CCCC(Cl)CNC(=O)c1cc(Cl)ccc1F. The van der Waals surface area contributed by atoms with Gasteiger partial charge in [-0.2, -0.15) is 0 Å². The van der Waals surface area contributed by atoms with Crippen molar-refractivity contribution in [1.82, 2.24) is 5.32 Å². The molecule has 1 atom stereocenters. The molecule has 0 spiro atoms. The van der Waals surface area contributed by atoms with Gasteiger partial charge in [-0.05, 0) is 24.6 Å². The van der Waals surface area contributed by atoms with Crippen molar-refractivity contribution in [2.45, 2.75) is 25.1 Å². The number of hydrogen-bond donors (Lipinski definition) is 1. The summed E-state index contributed by atoms with van der Waals surface area (Å²) < 4.78 is 13.3. The predicted molar refractivity (Wildman–Crippen MR) is 68.3 cm³/mol. The standard InChI is InChI=1S/C12H14Cl2FNO/c1-2-3-9(14)7-16-12(17)10-6-8(13)4-5-11(10)15/h4-6,9H,2-3,7H2,1H3,(H,16,17). The zero-order valence-electron chi connectivity index (χ0n) is 9.47. The minimum Gasteiger partial charge on any atom is -0.350 e. The van der Waals surface area contributed by atoms with E-state index in [2.05, 4.69) is 5.32 Å². The van der Waals surface area contributed by atoms with Gasteiger partial charge in [-0.15, -0.1) is 11.6 Å². The van der Waals surface area contributed by atoms with Crippen LogP contribution in [-0.2, 0) is 0 Å². The van der Waals surface area contributed by atoms with Crippen LogP contribution in [0.5, 0.6) is 0 Å². The highest BCUT2D eigenvalue weighted by atomic mass is 35.5. The minimum absolute atomic E-state index is 0.0575. The third kappa shape index (κ3) is 4.52. The van der Waals surface area contributed by atoms with Crippen LogP contribution in [0.1, 0.15) is 30.1 Å². The molecule has 1 unspecified atom stereocenters. The number of hydrogen-bond acceptors (Lipinski definition) is 1. The number of carbonyl (C=O) groups excluding carboxylic acids is 1. The average molecular weight is 278 g/mol. The molecule has 94 valence electrons. The minimum atomic E-state index is -0.589. The van der Waals surface area contributed by atoms with Gasteiger partial charge in [0.1, 0.15) is 5.82 Å². The zero-order chi connectivity index (χ0) is 12.8. The summed E-state index contributed by atoms with van der Waals surface area (Å²) in [5, 5.41) is 2.78. The van der Waals surface area contributed by atoms with Crippen LogP contribution in [0.3, 0.4) is 0 Å². The molecule has 2 nitrogen and oxygen atoms in total. The van der Waals surface area contributed by atoms with Crippen molar-refractivity contribution in [2.24, 2.45) is 0 Å². The van der Waals surface area contributed by atoms with Gasteiger partial charge in [-0.3, -0.25) is 4.79 Å². The highest BCUT2D eigenvalue weighted by molar-refractivity contribution is 6.31. The third-order valence-corrected chi connectivity index (χ3v) is 2.87. The van der Waals surface area contributed by atoms with Crippen LogP contribution >= 0.6 is 23.2 Å². The lowest BCUT2D eigenvalue weighted by Gasteiger charge is -2.10. The van der Waals surface area contributed by atoms with Crippen LogP contribution in [-0.4, -0.2) is 17.8 Å². The molecule has 1 N–H and O–H groups in total. The first-order valence-corrected chi connectivity index (χ1v) is 6.23. The molecule has 5 heteroatoms. The van der Waals surface area contributed by atoms with E-state index in [0.29, 0.717) is 11.6 Å². The Morgan fingerprint density at radius 2 is 2.24 bits per heavy atom. The predicted octanol–water partition coefficient (Wildman–Crippen LogP) is 3.62. The number of alkyl halides is 1. The highest BCUT2D eigenvalue weighted by Gasteiger charge is 2.13. The molecule has 0 saturated heterocycles. The monoisotopic (exact) mass is 277 g/mol. The molecular weight excluding hydrogens is 264 g/mol. The van der Waals surface area contributed by atoms with Crippen LogP contribution in [0, 0.1) is 5.82 Å². The summed E-state index contributed by atoms with van der Waals surface area (Å²) in [6.07, 6.45) is 1.75. The first-order chi connectivity index (χ1) is 8.04. The van der Waals surface area contributed by atoms with E-state index in [1.165, 1.54) is 18.2 Å². The molecule has 1 aromatic rings. The van der Waals surface area contributed by atoms with Crippen molar-refractivity contribution in [3.63, 3.8) is 0 Å². The fourth-order valence-corrected chi connectivity index (χ4v) is 1.85. The maximum atomic E-state index is 13.3. The molecule has 0 aliphatic carbocycles. The molecule has 1 amide bonds. The first-order valence-electron chi connectivity index (χ1n) is 5.42. The van der Waals surface area contributed by atoms with E-state index in [4.69, 9.17) is 23.2 Å². The number of carbonyl (C=O) groups is 1. The highest BCUT2D eigenvalue weighted by Crippen LogP contribution is 2.15. The Morgan fingerprint density at radius 3 is 2.88 bits per heavy atom. The quantitative estimate of drug-likeness (QED) is 0.819. The van der Waals surface area contributed by atoms with E-state index >= 15 is 0 Å². The lowest BCUT2D eigenvalue weighted by molar-refractivity contribution is 0.0949. The summed E-state index contributed by atoms with van der Waals surface area (Å²) in [7, 11) is 0. The first kappa shape index (κ1) is 14.3. The van der Waals surface area contributed by atoms with Crippen LogP contribution in [0.2, 0.25) is 5.02 Å². The van der Waals surface area contributed by atoms with Gasteiger partial charge >= 0.3 is 0 Å². The maximum Gasteiger partial charge on any atom is 0.254 e. The van der Waals surface area contributed by atoms with Gasteiger partial charge in [0.05, 0.1) is 10.9 Å². The fraction of sp³-hybridized carbons (Fsp3) is 0.417. The molecule has 0 bridgehead atoms. The van der Waals surface area contributed by atoms with Gasteiger partial charge in [0, 0.05) is 11.6 Å². The summed E-state index contributed by atoms with van der Waals surface area (Å²) >= 11 is 11.6. The normalized spacial score (nSPS) is 12.2. The Hall–Kier alpha value is -0.800. The molecule has 0 heterocycles. The lowest BCUT2D eigenvalue weighted by atomic mass is 10.2. The lowest BCUT2D eigenvalue weighted by Crippen LogP contribution is -2.30. The van der Waals surface area contributed by atoms with E-state index in [1.807, 2.05) is 6.92 Å². The van der Waals surface area contributed by atoms with Crippen molar-refractivity contribution in [2.75, 3.05) is 6.54 Å². The second kappa shape index (κ2) is 6.82. The Bertz CT molecular complexity index is 398. The Balaban J connectivity index is 2.61. The summed E-state index contributed by atoms with van der Waals surface area (Å²) in [6.45, 7) is 2.33. The van der Waals surface area contributed by atoms with Crippen molar-refractivity contribution >= 4 is 29.1 Å². The van der Waals surface area contributed by atoms with Crippen LogP contribution in [0.25, 0.3) is 0 Å². The van der Waals surface area contributed by atoms with Crippen LogP contribution in [0.15, 0.2) is 18.2 Å². The molecule has 0 saturated carbocycles. The second-order valence-corrected chi connectivity index (χ2v) is 4.77. The number of nitrogens with one attached hydrogen (secondary N) is 1. The topological polar surface area (TPSA) is 29.1 Å². The van der Waals surface area contributed by atoms with Crippen molar-refractivity contribution in [3.8, 4) is 0 Å². The Morgan fingerprint density at radius 1 is 1.53 bits per heavy atom. The molecule has 0 aliphatic heterocycles.